The zero-order valence-corrected chi connectivity index (χ0v) is 25.3. The van der Waals surface area contributed by atoms with Gasteiger partial charge >= 0.3 is 12.1 Å². The van der Waals surface area contributed by atoms with E-state index in [2.05, 4.69) is 10.6 Å². The van der Waals surface area contributed by atoms with Gasteiger partial charge in [-0.15, -0.1) is 0 Å². The molecule has 12 heteroatoms. The molecular weight excluding hydrogens is 558 g/mol. The van der Waals surface area contributed by atoms with Crippen LogP contribution in [0, 0.1) is 0 Å². The molecule has 2 aromatic carbocycles. The second kappa shape index (κ2) is 15.2. The van der Waals surface area contributed by atoms with E-state index in [-0.39, 0.29) is 19.3 Å². The van der Waals surface area contributed by atoms with Gasteiger partial charge in [0.1, 0.15) is 35.9 Å². The summed E-state index contributed by atoms with van der Waals surface area (Å²) in [5.74, 6) is -1.05. The lowest BCUT2D eigenvalue weighted by Crippen LogP contribution is -2.50. The molecule has 3 N–H and O–H groups in total. The number of carboxylic acid groups (broad SMARTS) is 1. The summed E-state index contributed by atoms with van der Waals surface area (Å²) in [5.41, 5.74) is 1.73. The molecule has 0 radical (unpaired) electrons. The van der Waals surface area contributed by atoms with E-state index in [9.17, 15) is 19.2 Å². The average Bonchev–Trinajstić information content (AvgIpc) is 2.97. The average molecular weight is 600 g/mol. The van der Waals surface area contributed by atoms with Crippen molar-refractivity contribution in [2.24, 2.45) is 0 Å². The van der Waals surface area contributed by atoms with Crippen LogP contribution < -0.4 is 20.1 Å². The molecule has 0 spiro atoms. The molecule has 3 rings (SSSR count). The van der Waals surface area contributed by atoms with Gasteiger partial charge in [-0.05, 0) is 56.0 Å². The van der Waals surface area contributed by atoms with Crippen molar-refractivity contribution in [1.82, 2.24) is 15.5 Å². The first kappa shape index (κ1) is 33.2. The van der Waals surface area contributed by atoms with Crippen LogP contribution in [0.3, 0.4) is 0 Å². The Morgan fingerprint density at radius 1 is 1.05 bits per heavy atom. The van der Waals surface area contributed by atoms with Crippen molar-refractivity contribution in [1.29, 1.82) is 0 Å². The van der Waals surface area contributed by atoms with Crippen molar-refractivity contribution >= 4 is 23.9 Å². The minimum atomic E-state index is -1.20. The number of carbonyl (C=O) groups is 4. The summed E-state index contributed by atoms with van der Waals surface area (Å²) in [6.45, 7) is 5.62. The highest BCUT2D eigenvalue weighted by Crippen LogP contribution is 2.30. The molecule has 1 aliphatic heterocycles. The highest BCUT2D eigenvalue weighted by atomic mass is 16.6. The number of hydrogen-bond donors (Lipinski definition) is 3. The number of ether oxygens (including phenoxy) is 4. The Hall–Kier alpha value is -4.32. The molecular formula is C31H41N3O9. The maximum Gasteiger partial charge on any atom is 0.412 e. The lowest BCUT2D eigenvalue weighted by atomic mass is 9.98. The number of methoxy groups -OCH3 is 2. The molecule has 1 saturated heterocycles. The number of amides is 3. The van der Waals surface area contributed by atoms with Crippen LogP contribution in [-0.2, 0) is 30.3 Å². The molecule has 1 heterocycles. The van der Waals surface area contributed by atoms with Gasteiger partial charge in [0, 0.05) is 31.9 Å². The molecule has 12 nitrogen and oxygen atoms in total. The molecule has 43 heavy (non-hydrogen) atoms. The van der Waals surface area contributed by atoms with E-state index in [4.69, 9.17) is 24.1 Å². The van der Waals surface area contributed by atoms with Gasteiger partial charge in [-0.1, -0.05) is 24.3 Å². The molecule has 3 amide bonds. The van der Waals surface area contributed by atoms with Gasteiger partial charge < -0.3 is 34.7 Å². The van der Waals surface area contributed by atoms with E-state index in [1.807, 2.05) is 36.4 Å². The quantitative estimate of drug-likeness (QED) is 0.333. The van der Waals surface area contributed by atoms with Crippen molar-refractivity contribution < 1.29 is 43.2 Å². The minimum absolute atomic E-state index is 0.0314. The van der Waals surface area contributed by atoms with Gasteiger partial charge in [0.2, 0.25) is 11.8 Å². The van der Waals surface area contributed by atoms with Crippen molar-refractivity contribution in [3.63, 3.8) is 0 Å². The summed E-state index contributed by atoms with van der Waals surface area (Å²) in [6.07, 6.45) is -0.244. The third kappa shape index (κ3) is 10.5. The Bertz CT molecular complexity index is 1270. The van der Waals surface area contributed by atoms with Crippen molar-refractivity contribution in [2.75, 3.05) is 33.9 Å². The summed E-state index contributed by atoms with van der Waals surface area (Å²) in [6, 6.07) is 11.9. The summed E-state index contributed by atoms with van der Waals surface area (Å²) in [4.78, 5) is 51.2. The molecule has 1 unspecified atom stereocenters. The number of nitrogens with zero attached hydrogens (tertiary/aromatic N) is 1. The maximum absolute atomic E-state index is 13.0. The molecule has 0 aliphatic carbocycles. The van der Waals surface area contributed by atoms with Gasteiger partial charge in [0.05, 0.1) is 20.8 Å². The Morgan fingerprint density at radius 2 is 1.74 bits per heavy atom. The van der Waals surface area contributed by atoms with E-state index < -0.39 is 48.3 Å². The Kier molecular flexibility index (Phi) is 11.8. The van der Waals surface area contributed by atoms with Crippen LogP contribution in [0.5, 0.6) is 11.5 Å². The van der Waals surface area contributed by atoms with Crippen molar-refractivity contribution in [3.05, 3.63) is 48.0 Å². The van der Waals surface area contributed by atoms with Crippen LogP contribution in [0.1, 0.15) is 45.6 Å². The van der Waals surface area contributed by atoms with Gasteiger partial charge in [0.15, 0.2) is 0 Å². The lowest BCUT2D eigenvalue weighted by Gasteiger charge is -2.36. The monoisotopic (exact) mass is 599 g/mol. The normalized spacial score (nSPS) is 15.7. The van der Waals surface area contributed by atoms with Gasteiger partial charge in [-0.2, -0.15) is 0 Å². The third-order valence-electron chi connectivity index (χ3n) is 6.56. The number of nitrogens with one attached hydrogen (secondary N) is 2. The number of aliphatic carboxylic acids is 1. The van der Waals surface area contributed by atoms with Crippen LogP contribution in [0.2, 0.25) is 0 Å². The molecule has 0 saturated carbocycles. The van der Waals surface area contributed by atoms with E-state index >= 15 is 0 Å². The highest BCUT2D eigenvalue weighted by Gasteiger charge is 2.32. The van der Waals surface area contributed by atoms with Gasteiger partial charge in [0.25, 0.3) is 0 Å². The predicted molar refractivity (Wildman–Crippen MR) is 158 cm³/mol. The summed E-state index contributed by atoms with van der Waals surface area (Å²) < 4.78 is 22.0. The van der Waals surface area contributed by atoms with Crippen LogP contribution in [0.25, 0.3) is 11.1 Å². The van der Waals surface area contributed by atoms with Gasteiger partial charge in [-0.25, -0.2) is 4.79 Å². The zero-order valence-electron chi connectivity index (χ0n) is 25.3. The molecule has 234 valence electrons. The van der Waals surface area contributed by atoms with Crippen LogP contribution in [0.15, 0.2) is 42.5 Å². The predicted octanol–water partition coefficient (Wildman–Crippen LogP) is 3.36. The van der Waals surface area contributed by atoms with Crippen LogP contribution in [-0.4, -0.2) is 85.7 Å². The fourth-order valence-electron chi connectivity index (χ4n) is 4.56. The van der Waals surface area contributed by atoms with Crippen molar-refractivity contribution in [3.8, 4) is 22.6 Å². The lowest BCUT2D eigenvalue weighted by molar-refractivity contribution is -0.138. The number of hydrogen-bond acceptors (Lipinski definition) is 8. The van der Waals surface area contributed by atoms with E-state index in [0.717, 1.165) is 16.7 Å². The SMILES string of the molecule is COc1cc(OC)cc(-c2cccc(C[C@H](NC(=O)CCC3OCCCN3C(=O)OC(C)(C)C)C(=O)NCC(=O)O)c2)c1. The van der Waals surface area contributed by atoms with Gasteiger partial charge in [-0.3, -0.25) is 19.3 Å². The Morgan fingerprint density at radius 3 is 2.37 bits per heavy atom. The Balaban J connectivity index is 1.73. The smallest absolute Gasteiger partial charge is 0.412 e. The molecule has 2 atom stereocenters. The summed E-state index contributed by atoms with van der Waals surface area (Å²) in [5, 5.41) is 14.1. The number of carbonyl (C=O) groups excluding carboxylic acids is 3. The molecule has 2 aromatic rings. The molecule has 0 bridgehead atoms. The van der Waals surface area contributed by atoms with E-state index in [0.29, 0.717) is 31.1 Å². The molecule has 1 aliphatic rings. The second-order valence-electron chi connectivity index (χ2n) is 11.1. The highest BCUT2D eigenvalue weighted by molar-refractivity contribution is 5.89. The van der Waals surface area contributed by atoms with E-state index in [1.54, 1.807) is 41.1 Å². The second-order valence-corrected chi connectivity index (χ2v) is 11.1. The number of carboxylic acids is 1. The Labute approximate surface area is 251 Å². The third-order valence-corrected chi connectivity index (χ3v) is 6.56. The molecule has 1 fully saturated rings. The summed E-state index contributed by atoms with van der Waals surface area (Å²) in [7, 11) is 3.13. The van der Waals surface area contributed by atoms with Crippen LogP contribution in [0.4, 0.5) is 4.79 Å². The molecule has 0 aromatic heterocycles. The number of rotatable bonds is 12. The summed E-state index contributed by atoms with van der Waals surface area (Å²) >= 11 is 0. The fourth-order valence-corrected chi connectivity index (χ4v) is 4.56. The first-order valence-corrected chi connectivity index (χ1v) is 14.1. The van der Waals surface area contributed by atoms with E-state index in [1.165, 1.54) is 4.90 Å². The topological polar surface area (TPSA) is 153 Å². The van der Waals surface area contributed by atoms with Crippen LogP contribution >= 0.6 is 0 Å². The van der Waals surface area contributed by atoms with Crippen molar-refractivity contribution in [2.45, 2.75) is 64.3 Å². The minimum Gasteiger partial charge on any atom is -0.497 e. The maximum atomic E-state index is 13.0. The standard InChI is InChI=1S/C31H41N3O9/c1-31(2,3)43-30(39)34-12-7-13-42-27(34)11-10-26(35)33-25(29(38)32-19-28(36)37)15-20-8-6-9-21(14-20)22-16-23(40-4)18-24(17-22)41-5/h6,8-9,14,16-18,25,27H,7,10-13,15,19H2,1-5H3,(H,32,38)(H,33,35)(H,36,37)/t25-,27?/m0/s1. The first-order valence-electron chi connectivity index (χ1n) is 14.1. The first-order chi connectivity index (χ1) is 20.4. The largest absolute Gasteiger partial charge is 0.497 e. The fraction of sp³-hybridized carbons (Fsp3) is 0.484. The number of benzene rings is 2. The zero-order chi connectivity index (χ0) is 31.6.